The van der Waals surface area contributed by atoms with Crippen LogP contribution in [0.1, 0.15) is 38.2 Å². The number of carboxylic acid groups (broad SMARTS) is 1. The molecule has 11 heteroatoms. The summed E-state index contributed by atoms with van der Waals surface area (Å²) in [7, 11) is 0. The number of hydrogen-bond acceptors (Lipinski definition) is 6. The number of benzene rings is 1. The number of piperidine rings is 1. The van der Waals surface area contributed by atoms with Crippen molar-refractivity contribution in [2.24, 2.45) is 5.92 Å². The van der Waals surface area contributed by atoms with Crippen molar-refractivity contribution in [1.29, 1.82) is 0 Å². The standard InChI is InChI=1S/C25H32N4O7/c1-25(22(31)27-13-9-18(10-14-27)17-7-3-2-4-8-17)20(21(30)26-35)15-19(16-29(25)23(32)33)36-24(34)28-11-5-6-12-28/h2-4,7-9,19-20,35H,5-6,10-16H2,1H3,(H,26,30)(H,32,33)/t19-,20+,25-/m0/s1. The van der Waals surface area contributed by atoms with Crippen molar-refractivity contribution in [3.05, 3.63) is 42.0 Å². The molecular weight excluding hydrogens is 468 g/mol. The highest BCUT2D eigenvalue weighted by Crippen LogP contribution is 2.38. The van der Waals surface area contributed by atoms with Crippen LogP contribution < -0.4 is 5.48 Å². The predicted octanol–water partition coefficient (Wildman–Crippen LogP) is 2.17. The molecule has 2 saturated heterocycles. The smallest absolute Gasteiger partial charge is 0.410 e. The Kier molecular flexibility index (Phi) is 7.48. The fraction of sp³-hybridized carbons (Fsp3) is 0.520. The Bertz CT molecular complexity index is 1040. The molecule has 0 saturated carbocycles. The fourth-order valence-corrected chi connectivity index (χ4v) is 5.42. The molecule has 1 aromatic carbocycles. The number of rotatable bonds is 4. The number of nitrogens with one attached hydrogen (secondary N) is 1. The highest BCUT2D eigenvalue weighted by Gasteiger charge is 2.57. The molecule has 3 aliphatic rings. The number of hydrogen-bond donors (Lipinski definition) is 3. The maximum absolute atomic E-state index is 13.8. The summed E-state index contributed by atoms with van der Waals surface area (Å²) in [5.41, 5.74) is 1.92. The monoisotopic (exact) mass is 500 g/mol. The number of nitrogens with zero attached hydrogens (tertiary/aromatic N) is 3. The lowest BCUT2D eigenvalue weighted by atomic mass is 9.75. The van der Waals surface area contributed by atoms with Gasteiger partial charge in [0.15, 0.2) is 0 Å². The third kappa shape index (κ3) is 4.88. The van der Waals surface area contributed by atoms with Crippen molar-refractivity contribution in [1.82, 2.24) is 20.2 Å². The Morgan fingerprint density at radius 2 is 1.75 bits per heavy atom. The summed E-state index contributed by atoms with van der Waals surface area (Å²) in [6.45, 7) is 2.86. The van der Waals surface area contributed by atoms with Crippen LogP contribution in [-0.2, 0) is 14.3 Å². The summed E-state index contributed by atoms with van der Waals surface area (Å²) in [6.07, 6.45) is 1.19. The highest BCUT2D eigenvalue weighted by molar-refractivity contribution is 5.96. The number of likely N-dealkylation sites (tertiary alicyclic amines) is 2. The van der Waals surface area contributed by atoms with E-state index in [0.29, 0.717) is 26.1 Å². The quantitative estimate of drug-likeness (QED) is 0.425. The minimum atomic E-state index is -1.80. The van der Waals surface area contributed by atoms with Crippen molar-refractivity contribution >= 4 is 29.6 Å². The Morgan fingerprint density at radius 1 is 1.06 bits per heavy atom. The Hall–Kier alpha value is -3.60. The highest BCUT2D eigenvalue weighted by atomic mass is 16.6. The molecule has 194 valence electrons. The Morgan fingerprint density at radius 3 is 2.33 bits per heavy atom. The molecule has 0 spiro atoms. The molecule has 0 aliphatic carbocycles. The third-order valence-electron chi connectivity index (χ3n) is 7.49. The van der Waals surface area contributed by atoms with Crippen molar-refractivity contribution < 1.29 is 34.2 Å². The normalized spacial score (nSPS) is 26.3. The second kappa shape index (κ2) is 10.6. The molecule has 1 aromatic rings. The van der Waals surface area contributed by atoms with Crippen molar-refractivity contribution in [2.45, 2.75) is 44.2 Å². The zero-order valence-electron chi connectivity index (χ0n) is 20.3. The van der Waals surface area contributed by atoms with Crippen LogP contribution in [0.5, 0.6) is 0 Å². The summed E-state index contributed by atoms with van der Waals surface area (Å²) in [5.74, 6) is -2.71. The zero-order valence-corrected chi connectivity index (χ0v) is 20.3. The van der Waals surface area contributed by atoms with Crippen LogP contribution >= 0.6 is 0 Å². The van der Waals surface area contributed by atoms with Gasteiger partial charge in [-0.1, -0.05) is 36.4 Å². The minimum Gasteiger partial charge on any atom is -0.465 e. The molecule has 3 N–H and O–H groups in total. The van der Waals surface area contributed by atoms with Gasteiger partial charge in [-0.25, -0.2) is 15.1 Å². The maximum Gasteiger partial charge on any atom is 0.410 e. The van der Waals surface area contributed by atoms with Crippen LogP contribution in [0.2, 0.25) is 0 Å². The third-order valence-corrected chi connectivity index (χ3v) is 7.49. The molecule has 4 rings (SSSR count). The number of hydroxylamine groups is 1. The topological polar surface area (TPSA) is 140 Å². The van der Waals surface area contributed by atoms with E-state index in [-0.39, 0.29) is 19.5 Å². The molecule has 0 bridgehead atoms. The van der Waals surface area contributed by atoms with E-state index in [2.05, 4.69) is 0 Å². The molecule has 0 aromatic heterocycles. The van der Waals surface area contributed by atoms with Crippen LogP contribution in [0, 0.1) is 5.92 Å². The van der Waals surface area contributed by atoms with E-state index in [0.717, 1.165) is 28.9 Å². The first-order chi connectivity index (χ1) is 17.3. The predicted molar refractivity (Wildman–Crippen MR) is 128 cm³/mol. The van der Waals surface area contributed by atoms with Gasteiger partial charge >= 0.3 is 12.2 Å². The molecule has 0 radical (unpaired) electrons. The van der Waals surface area contributed by atoms with E-state index in [1.54, 1.807) is 5.48 Å². The average Bonchev–Trinajstić information content (AvgIpc) is 3.44. The van der Waals surface area contributed by atoms with Gasteiger partial charge in [0.2, 0.25) is 11.8 Å². The lowest BCUT2D eigenvalue weighted by Gasteiger charge is -2.50. The zero-order chi connectivity index (χ0) is 25.9. The molecule has 4 amide bonds. The second-order valence-electron chi connectivity index (χ2n) is 9.60. The van der Waals surface area contributed by atoms with Gasteiger partial charge in [0, 0.05) is 32.6 Å². The van der Waals surface area contributed by atoms with Gasteiger partial charge in [0.25, 0.3) is 0 Å². The number of carbonyl (C=O) groups is 4. The van der Waals surface area contributed by atoms with Crippen molar-refractivity contribution in [3.63, 3.8) is 0 Å². The van der Waals surface area contributed by atoms with Crippen LogP contribution in [0.3, 0.4) is 0 Å². The van der Waals surface area contributed by atoms with E-state index in [1.165, 1.54) is 16.7 Å². The second-order valence-corrected chi connectivity index (χ2v) is 9.60. The van der Waals surface area contributed by atoms with Crippen molar-refractivity contribution in [3.8, 4) is 0 Å². The molecule has 11 nitrogen and oxygen atoms in total. The van der Waals surface area contributed by atoms with E-state index in [4.69, 9.17) is 4.74 Å². The van der Waals surface area contributed by atoms with Crippen LogP contribution in [-0.4, -0.2) is 93.4 Å². The lowest BCUT2D eigenvalue weighted by Crippen LogP contribution is -2.70. The summed E-state index contributed by atoms with van der Waals surface area (Å²) >= 11 is 0. The first kappa shape index (κ1) is 25.5. The molecule has 0 unspecified atom stereocenters. The van der Waals surface area contributed by atoms with Gasteiger partial charge in [0.05, 0.1) is 12.5 Å². The summed E-state index contributed by atoms with van der Waals surface area (Å²) in [4.78, 5) is 55.4. The molecule has 2 fully saturated rings. The first-order valence-corrected chi connectivity index (χ1v) is 12.2. The fourth-order valence-electron chi connectivity index (χ4n) is 5.42. The molecular formula is C25H32N4O7. The van der Waals surface area contributed by atoms with E-state index in [1.807, 2.05) is 36.4 Å². The number of ether oxygens (including phenoxy) is 1. The Labute approximate surface area is 209 Å². The van der Waals surface area contributed by atoms with Crippen LogP contribution in [0.4, 0.5) is 9.59 Å². The average molecular weight is 501 g/mol. The van der Waals surface area contributed by atoms with Gasteiger partial charge in [-0.2, -0.15) is 0 Å². The summed E-state index contributed by atoms with van der Waals surface area (Å²) in [5, 5.41) is 19.5. The van der Waals surface area contributed by atoms with Crippen LogP contribution in [0.25, 0.3) is 5.57 Å². The van der Waals surface area contributed by atoms with Gasteiger partial charge in [-0.15, -0.1) is 0 Å². The molecule has 36 heavy (non-hydrogen) atoms. The number of carbonyl (C=O) groups excluding carboxylic acids is 3. The summed E-state index contributed by atoms with van der Waals surface area (Å²) < 4.78 is 5.55. The van der Waals surface area contributed by atoms with Gasteiger partial charge < -0.3 is 19.6 Å². The first-order valence-electron chi connectivity index (χ1n) is 12.2. The van der Waals surface area contributed by atoms with Gasteiger partial charge in [-0.3, -0.25) is 19.7 Å². The number of amides is 4. The summed E-state index contributed by atoms with van der Waals surface area (Å²) in [6, 6.07) is 9.78. The Balaban J connectivity index is 1.56. The van der Waals surface area contributed by atoms with Gasteiger partial charge in [0.1, 0.15) is 11.6 Å². The lowest BCUT2D eigenvalue weighted by molar-refractivity contribution is -0.161. The maximum atomic E-state index is 13.8. The van der Waals surface area contributed by atoms with Gasteiger partial charge in [-0.05, 0) is 37.3 Å². The van der Waals surface area contributed by atoms with E-state index < -0.39 is 41.6 Å². The molecule has 3 heterocycles. The molecule has 3 aliphatic heterocycles. The van der Waals surface area contributed by atoms with E-state index in [9.17, 15) is 29.5 Å². The SMILES string of the molecule is C[C@@]1(C(=O)N2CC=C(c3ccccc3)CC2)[C@@H](C(=O)NO)C[C@H](OC(=O)N2CCCC2)CN1C(=O)O. The van der Waals surface area contributed by atoms with Crippen molar-refractivity contribution in [2.75, 3.05) is 32.7 Å². The van der Waals surface area contributed by atoms with E-state index >= 15 is 0 Å². The largest absolute Gasteiger partial charge is 0.465 e. The van der Waals surface area contributed by atoms with Crippen LogP contribution in [0.15, 0.2) is 36.4 Å². The molecule has 3 atom stereocenters. The minimum absolute atomic E-state index is 0.100.